The number of ether oxygens (including phenoxy) is 1. The van der Waals surface area contributed by atoms with Gasteiger partial charge in [0.15, 0.2) is 17.5 Å². The molecule has 0 saturated carbocycles. The lowest BCUT2D eigenvalue weighted by Gasteiger charge is -2.23. The zero-order valence-electron chi connectivity index (χ0n) is 12.6. The summed E-state index contributed by atoms with van der Waals surface area (Å²) in [6.45, 7) is 0.966. The normalized spacial score (nSPS) is 21.9. The van der Waals surface area contributed by atoms with Crippen LogP contribution in [-0.4, -0.2) is 39.9 Å². The van der Waals surface area contributed by atoms with E-state index >= 15 is 0 Å². The molecule has 0 spiro atoms. The SMILES string of the molecule is COCc1nc(CN2C[C@H](O)C[C@@H]2c2ccc(F)c(F)c2)no1. The molecule has 2 atom stereocenters. The molecule has 1 N–H and O–H groups in total. The lowest BCUT2D eigenvalue weighted by atomic mass is 10.0. The zero-order valence-corrected chi connectivity index (χ0v) is 12.6. The summed E-state index contributed by atoms with van der Waals surface area (Å²) >= 11 is 0. The molecule has 124 valence electrons. The van der Waals surface area contributed by atoms with E-state index in [4.69, 9.17) is 9.26 Å². The van der Waals surface area contributed by atoms with E-state index in [1.54, 1.807) is 0 Å². The highest BCUT2D eigenvalue weighted by molar-refractivity contribution is 5.23. The van der Waals surface area contributed by atoms with Crippen LogP contribution in [0.2, 0.25) is 0 Å². The molecule has 2 aromatic rings. The van der Waals surface area contributed by atoms with Crippen LogP contribution in [-0.2, 0) is 17.9 Å². The average Bonchev–Trinajstić information content (AvgIpc) is 3.09. The molecule has 8 heteroatoms. The highest BCUT2D eigenvalue weighted by Gasteiger charge is 2.33. The number of likely N-dealkylation sites (tertiary alicyclic amines) is 1. The topological polar surface area (TPSA) is 71.6 Å². The zero-order chi connectivity index (χ0) is 16.4. The average molecular weight is 325 g/mol. The van der Waals surface area contributed by atoms with E-state index < -0.39 is 17.7 Å². The first-order valence-corrected chi connectivity index (χ1v) is 7.24. The molecule has 0 amide bonds. The van der Waals surface area contributed by atoms with Crippen molar-refractivity contribution >= 4 is 0 Å². The molecule has 1 fully saturated rings. The van der Waals surface area contributed by atoms with Crippen LogP contribution in [0.25, 0.3) is 0 Å². The molecule has 1 saturated heterocycles. The highest BCUT2D eigenvalue weighted by Crippen LogP contribution is 2.33. The molecule has 2 heterocycles. The summed E-state index contributed by atoms with van der Waals surface area (Å²) in [5.41, 5.74) is 0.612. The van der Waals surface area contributed by atoms with Gasteiger partial charge in [0.05, 0.1) is 12.6 Å². The number of methoxy groups -OCH3 is 1. The predicted molar refractivity (Wildman–Crippen MR) is 75.1 cm³/mol. The smallest absolute Gasteiger partial charge is 0.252 e. The van der Waals surface area contributed by atoms with Gasteiger partial charge in [0.1, 0.15) is 6.61 Å². The van der Waals surface area contributed by atoms with Crippen molar-refractivity contribution in [2.45, 2.75) is 31.7 Å². The van der Waals surface area contributed by atoms with Gasteiger partial charge in [-0.05, 0) is 24.1 Å². The quantitative estimate of drug-likeness (QED) is 0.904. The van der Waals surface area contributed by atoms with Gasteiger partial charge in [0.25, 0.3) is 5.89 Å². The molecule has 1 aliphatic heterocycles. The van der Waals surface area contributed by atoms with Gasteiger partial charge in [-0.2, -0.15) is 4.98 Å². The number of aliphatic hydroxyl groups is 1. The van der Waals surface area contributed by atoms with E-state index in [0.717, 1.165) is 12.1 Å². The van der Waals surface area contributed by atoms with Gasteiger partial charge < -0.3 is 14.4 Å². The molecule has 1 aromatic carbocycles. The minimum absolute atomic E-state index is 0.224. The number of benzene rings is 1. The summed E-state index contributed by atoms with van der Waals surface area (Å²) in [7, 11) is 1.53. The molecule has 0 aliphatic carbocycles. The number of hydrogen-bond donors (Lipinski definition) is 1. The van der Waals surface area contributed by atoms with Gasteiger partial charge in [-0.1, -0.05) is 11.2 Å². The van der Waals surface area contributed by atoms with Crippen molar-refractivity contribution in [2.75, 3.05) is 13.7 Å². The molecule has 1 aliphatic rings. The Hall–Kier alpha value is -1.90. The summed E-state index contributed by atoms with van der Waals surface area (Å²) in [4.78, 5) is 6.10. The minimum atomic E-state index is -0.897. The number of halogens is 2. The Morgan fingerprint density at radius 1 is 1.39 bits per heavy atom. The second-order valence-electron chi connectivity index (χ2n) is 5.55. The minimum Gasteiger partial charge on any atom is -0.392 e. The van der Waals surface area contributed by atoms with Gasteiger partial charge in [-0.15, -0.1) is 0 Å². The van der Waals surface area contributed by atoms with Crippen LogP contribution in [0.4, 0.5) is 8.78 Å². The van der Waals surface area contributed by atoms with Gasteiger partial charge >= 0.3 is 0 Å². The number of aliphatic hydroxyl groups excluding tert-OH is 1. The van der Waals surface area contributed by atoms with Crippen molar-refractivity contribution in [3.8, 4) is 0 Å². The van der Waals surface area contributed by atoms with Crippen LogP contribution in [0.3, 0.4) is 0 Å². The monoisotopic (exact) mass is 325 g/mol. The Labute approximate surface area is 131 Å². The van der Waals surface area contributed by atoms with E-state index in [1.807, 2.05) is 4.90 Å². The van der Waals surface area contributed by atoms with E-state index in [9.17, 15) is 13.9 Å². The van der Waals surface area contributed by atoms with Crippen LogP contribution in [0.1, 0.15) is 29.7 Å². The van der Waals surface area contributed by atoms with Crippen molar-refractivity contribution in [3.05, 3.63) is 47.1 Å². The predicted octanol–water partition coefficient (Wildman–Crippen LogP) is 1.80. The summed E-state index contributed by atoms with van der Waals surface area (Å²) in [6.07, 6.45) is -0.105. The number of nitrogens with zero attached hydrogens (tertiary/aromatic N) is 3. The van der Waals surface area contributed by atoms with Crippen molar-refractivity contribution in [3.63, 3.8) is 0 Å². The maximum absolute atomic E-state index is 13.5. The Balaban J connectivity index is 1.77. The summed E-state index contributed by atoms with van der Waals surface area (Å²) in [5.74, 6) is -0.961. The second kappa shape index (κ2) is 6.69. The Kier molecular flexibility index (Phi) is 4.65. The van der Waals surface area contributed by atoms with E-state index in [-0.39, 0.29) is 12.6 Å². The lowest BCUT2D eigenvalue weighted by Crippen LogP contribution is -2.25. The molecule has 3 rings (SSSR count). The van der Waals surface area contributed by atoms with Crippen LogP contribution in [0.5, 0.6) is 0 Å². The van der Waals surface area contributed by atoms with Crippen LogP contribution >= 0.6 is 0 Å². The molecule has 0 radical (unpaired) electrons. The van der Waals surface area contributed by atoms with Gasteiger partial charge in [-0.3, -0.25) is 4.90 Å². The molecule has 0 bridgehead atoms. The first-order chi connectivity index (χ1) is 11.1. The number of aromatic nitrogens is 2. The first kappa shape index (κ1) is 16.0. The molecule has 0 unspecified atom stereocenters. The van der Waals surface area contributed by atoms with Crippen molar-refractivity contribution < 1.29 is 23.1 Å². The molecule has 1 aromatic heterocycles. The van der Waals surface area contributed by atoms with Crippen molar-refractivity contribution in [1.29, 1.82) is 0 Å². The summed E-state index contributed by atoms with van der Waals surface area (Å²) < 4.78 is 36.5. The van der Waals surface area contributed by atoms with E-state index in [0.29, 0.717) is 36.8 Å². The van der Waals surface area contributed by atoms with Gasteiger partial charge in [0, 0.05) is 19.7 Å². The Morgan fingerprint density at radius 2 is 2.22 bits per heavy atom. The lowest BCUT2D eigenvalue weighted by molar-refractivity contribution is 0.151. The second-order valence-corrected chi connectivity index (χ2v) is 5.55. The maximum atomic E-state index is 13.5. The first-order valence-electron chi connectivity index (χ1n) is 7.24. The molecule has 23 heavy (non-hydrogen) atoms. The molecular formula is C15H17F2N3O3. The van der Waals surface area contributed by atoms with Crippen LogP contribution in [0.15, 0.2) is 22.7 Å². The van der Waals surface area contributed by atoms with E-state index in [1.165, 1.54) is 13.2 Å². The largest absolute Gasteiger partial charge is 0.392 e. The third-order valence-corrected chi connectivity index (χ3v) is 3.83. The fourth-order valence-electron chi connectivity index (χ4n) is 2.84. The fraction of sp³-hybridized carbons (Fsp3) is 0.467. The molecular weight excluding hydrogens is 308 g/mol. The third kappa shape index (κ3) is 3.54. The summed E-state index contributed by atoms with van der Waals surface area (Å²) in [6, 6.07) is 3.56. The molecule has 6 nitrogen and oxygen atoms in total. The highest BCUT2D eigenvalue weighted by atomic mass is 19.2. The number of hydrogen-bond acceptors (Lipinski definition) is 6. The number of rotatable bonds is 5. The van der Waals surface area contributed by atoms with Crippen LogP contribution < -0.4 is 0 Å². The van der Waals surface area contributed by atoms with Gasteiger partial charge in [-0.25, -0.2) is 8.78 Å². The van der Waals surface area contributed by atoms with Crippen molar-refractivity contribution in [2.24, 2.45) is 0 Å². The Morgan fingerprint density at radius 3 is 2.96 bits per heavy atom. The van der Waals surface area contributed by atoms with Crippen molar-refractivity contribution in [1.82, 2.24) is 15.0 Å². The Bertz CT molecular complexity index is 680. The fourth-order valence-corrected chi connectivity index (χ4v) is 2.84. The third-order valence-electron chi connectivity index (χ3n) is 3.83. The standard InChI is InChI=1S/C15H17F2N3O3/c1-22-8-15-18-14(19-23-15)7-20-6-10(21)5-13(20)9-2-3-11(16)12(17)4-9/h2-4,10,13,21H,5-8H2,1H3/t10-,13-/m1/s1. The summed E-state index contributed by atoms with van der Waals surface area (Å²) in [5, 5.41) is 13.8. The number of β-amino-alcohol motifs (C(OH)–C–C–N with tert-alkyl or cyclic N) is 1. The van der Waals surface area contributed by atoms with Gasteiger partial charge in [0.2, 0.25) is 0 Å². The van der Waals surface area contributed by atoms with Crippen LogP contribution in [0, 0.1) is 11.6 Å². The van der Waals surface area contributed by atoms with E-state index in [2.05, 4.69) is 10.1 Å². The maximum Gasteiger partial charge on any atom is 0.252 e.